The molecule has 0 heterocycles. The van der Waals surface area contributed by atoms with E-state index in [0.717, 1.165) is 36.4 Å². The first-order valence-corrected chi connectivity index (χ1v) is 8.53. The van der Waals surface area contributed by atoms with Gasteiger partial charge in [-0.15, -0.1) is 0 Å². The summed E-state index contributed by atoms with van der Waals surface area (Å²) in [6.45, 7) is 2.95. The smallest absolute Gasteiger partial charge is 0.314 e. The van der Waals surface area contributed by atoms with Crippen molar-refractivity contribution in [3.8, 4) is 0 Å². The van der Waals surface area contributed by atoms with E-state index in [2.05, 4.69) is 0 Å². The largest absolute Gasteiger partial charge is 0.465 e. The van der Waals surface area contributed by atoms with Crippen molar-refractivity contribution in [3.63, 3.8) is 0 Å². The topological polar surface area (TPSA) is 52.6 Å². The Kier molecular flexibility index (Phi) is 7.14. The molecule has 0 saturated carbocycles. The molecule has 150 valence electrons. The number of esters is 2. The molecule has 0 aliphatic rings. The highest BCUT2D eigenvalue weighted by Crippen LogP contribution is 2.36. The Bertz CT molecular complexity index is 798. The van der Waals surface area contributed by atoms with Gasteiger partial charge in [0, 0.05) is 0 Å². The number of carbonyl (C=O) groups is 2. The average Bonchev–Trinajstić information content (AvgIpc) is 2.65. The lowest BCUT2D eigenvalue weighted by Crippen LogP contribution is -2.30. The molecular weight excluding hydrogens is 380 g/mol. The van der Waals surface area contributed by atoms with Gasteiger partial charge in [0.15, 0.2) is 23.3 Å². The summed E-state index contributed by atoms with van der Waals surface area (Å²) in [6, 6.07) is 5.33. The first-order valence-electron chi connectivity index (χ1n) is 8.53. The minimum absolute atomic E-state index is 0.0493. The second-order valence-corrected chi connectivity index (χ2v) is 5.81. The van der Waals surface area contributed by atoms with E-state index in [9.17, 15) is 27.2 Å². The molecule has 2 atom stereocenters. The highest BCUT2D eigenvalue weighted by Gasteiger charge is 2.39. The van der Waals surface area contributed by atoms with Gasteiger partial charge in [-0.2, -0.15) is 0 Å². The van der Waals surface area contributed by atoms with Gasteiger partial charge in [0.1, 0.15) is 0 Å². The van der Waals surface area contributed by atoms with E-state index in [1.165, 1.54) is 13.8 Å². The third-order valence-corrected chi connectivity index (χ3v) is 4.02. The van der Waals surface area contributed by atoms with Gasteiger partial charge in [-0.3, -0.25) is 9.59 Å². The van der Waals surface area contributed by atoms with Gasteiger partial charge >= 0.3 is 11.9 Å². The fourth-order valence-corrected chi connectivity index (χ4v) is 2.80. The van der Waals surface area contributed by atoms with E-state index < -0.39 is 47.0 Å². The predicted molar refractivity (Wildman–Crippen MR) is 91.5 cm³/mol. The summed E-state index contributed by atoms with van der Waals surface area (Å²) in [4.78, 5) is 25.2. The number of benzene rings is 2. The molecule has 0 aromatic heterocycles. The zero-order valence-corrected chi connectivity index (χ0v) is 15.2. The second kappa shape index (κ2) is 9.34. The molecule has 8 heteroatoms. The van der Waals surface area contributed by atoms with Crippen LogP contribution in [-0.4, -0.2) is 25.2 Å². The zero-order chi connectivity index (χ0) is 20.8. The van der Waals surface area contributed by atoms with E-state index in [1.807, 2.05) is 0 Å². The molecule has 0 bridgehead atoms. The van der Waals surface area contributed by atoms with Crippen LogP contribution in [0.25, 0.3) is 0 Å². The lowest BCUT2D eigenvalue weighted by molar-refractivity contribution is -0.153. The molecule has 0 N–H and O–H groups in total. The minimum atomic E-state index is -1.46. The van der Waals surface area contributed by atoms with Crippen LogP contribution in [-0.2, 0) is 19.1 Å². The Morgan fingerprint density at radius 1 is 0.714 bits per heavy atom. The molecule has 0 radical (unpaired) electrons. The van der Waals surface area contributed by atoms with Gasteiger partial charge in [0.05, 0.1) is 25.0 Å². The number of carbonyl (C=O) groups excluding carboxylic acids is 2. The molecule has 28 heavy (non-hydrogen) atoms. The SMILES string of the molecule is CCOC(=O)[C@H](c1ccc(F)c(F)c1)[C@@H](C(=O)OCC)c1ccc(F)c(F)c1. The molecule has 0 fully saturated rings. The third kappa shape index (κ3) is 4.68. The Hall–Kier alpha value is -2.90. The van der Waals surface area contributed by atoms with Crippen LogP contribution < -0.4 is 0 Å². The van der Waals surface area contributed by atoms with Crippen LogP contribution >= 0.6 is 0 Å². The van der Waals surface area contributed by atoms with Gasteiger partial charge < -0.3 is 9.47 Å². The van der Waals surface area contributed by atoms with Crippen molar-refractivity contribution in [3.05, 3.63) is 70.8 Å². The van der Waals surface area contributed by atoms with Crippen LogP contribution in [0.3, 0.4) is 0 Å². The van der Waals surface area contributed by atoms with Crippen LogP contribution in [0.1, 0.15) is 36.8 Å². The highest BCUT2D eigenvalue weighted by molar-refractivity contribution is 5.90. The molecule has 0 aliphatic heterocycles. The van der Waals surface area contributed by atoms with Crippen LogP contribution in [0.15, 0.2) is 36.4 Å². The highest BCUT2D eigenvalue weighted by atomic mass is 19.2. The summed E-state index contributed by atoms with van der Waals surface area (Å²) in [5.74, 6) is -9.52. The summed E-state index contributed by atoms with van der Waals surface area (Å²) < 4.78 is 64.2. The standard InChI is InChI=1S/C20H18F4O4/c1-3-27-19(25)17(11-5-7-13(21)15(23)9-11)18(20(26)28-4-2)12-6-8-14(22)16(24)10-12/h5-10,17-18H,3-4H2,1-2H3/t17-,18+. The zero-order valence-electron chi connectivity index (χ0n) is 15.2. The van der Waals surface area contributed by atoms with Gasteiger partial charge in [0.25, 0.3) is 0 Å². The normalized spacial score (nSPS) is 12.9. The van der Waals surface area contributed by atoms with Gasteiger partial charge in [-0.25, -0.2) is 17.6 Å². The Balaban J connectivity index is 2.65. The van der Waals surface area contributed by atoms with Crippen molar-refractivity contribution in [1.82, 2.24) is 0 Å². The summed E-state index contributed by atoms with van der Waals surface area (Å²) >= 11 is 0. The molecular formula is C20H18F4O4. The second-order valence-electron chi connectivity index (χ2n) is 5.81. The minimum Gasteiger partial charge on any atom is -0.465 e. The van der Waals surface area contributed by atoms with Crippen molar-refractivity contribution < 1.29 is 36.6 Å². The predicted octanol–water partition coefficient (Wildman–Crippen LogP) is 4.24. The molecule has 2 aromatic carbocycles. The van der Waals surface area contributed by atoms with Crippen LogP contribution in [0, 0.1) is 23.3 Å². The van der Waals surface area contributed by atoms with Crippen molar-refractivity contribution in [2.45, 2.75) is 25.7 Å². The van der Waals surface area contributed by atoms with E-state index >= 15 is 0 Å². The maximum absolute atomic E-state index is 13.8. The molecule has 2 rings (SSSR count). The van der Waals surface area contributed by atoms with Gasteiger partial charge in [-0.1, -0.05) is 12.1 Å². The van der Waals surface area contributed by atoms with Crippen molar-refractivity contribution in [2.24, 2.45) is 0 Å². The average molecular weight is 398 g/mol. The summed E-state index contributed by atoms with van der Waals surface area (Å²) in [6.07, 6.45) is 0. The molecule has 4 nitrogen and oxygen atoms in total. The molecule has 0 spiro atoms. The maximum Gasteiger partial charge on any atom is 0.314 e. The molecule has 0 aliphatic carbocycles. The number of ether oxygens (including phenoxy) is 2. The quantitative estimate of drug-likeness (QED) is 0.517. The van der Waals surface area contributed by atoms with Gasteiger partial charge in [0.2, 0.25) is 0 Å². The lowest BCUT2D eigenvalue weighted by Gasteiger charge is -2.25. The fraction of sp³-hybridized carbons (Fsp3) is 0.300. The van der Waals surface area contributed by atoms with Crippen LogP contribution in [0.4, 0.5) is 17.6 Å². The number of halogens is 4. The van der Waals surface area contributed by atoms with Crippen molar-refractivity contribution in [1.29, 1.82) is 0 Å². The van der Waals surface area contributed by atoms with Crippen molar-refractivity contribution >= 4 is 11.9 Å². The molecule has 0 amide bonds. The molecule has 0 unspecified atom stereocenters. The number of rotatable bonds is 7. The van der Waals surface area contributed by atoms with E-state index in [4.69, 9.17) is 9.47 Å². The summed E-state index contributed by atoms with van der Waals surface area (Å²) in [7, 11) is 0. The van der Waals surface area contributed by atoms with Gasteiger partial charge in [-0.05, 0) is 49.2 Å². The third-order valence-electron chi connectivity index (χ3n) is 4.02. The van der Waals surface area contributed by atoms with E-state index in [0.29, 0.717) is 0 Å². The Labute approximate surface area is 159 Å². The molecule has 2 aromatic rings. The Morgan fingerprint density at radius 3 is 1.36 bits per heavy atom. The van der Waals surface area contributed by atoms with Crippen molar-refractivity contribution in [2.75, 3.05) is 13.2 Å². The molecule has 0 saturated heterocycles. The summed E-state index contributed by atoms with van der Waals surface area (Å²) in [5, 5.41) is 0. The first-order chi connectivity index (χ1) is 13.3. The summed E-state index contributed by atoms with van der Waals surface area (Å²) in [5.41, 5.74) is -0.139. The Morgan fingerprint density at radius 2 is 1.07 bits per heavy atom. The van der Waals surface area contributed by atoms with E-state index in [1.54, 1.807) is 0 Å². The number of hydrogen-bond acceptors (Lipinski definition) is 4. The van der Waals surface area contributed by atoms with Crippen LogP contribution in [0.5, 0.6) is 0 Å². The first kappa shape index (κ1) is 21.4. The lowest BCUT2D eigenvalue weighted by atomic mass is 9.81. The number of hydrogen-bond donors (Lipinski definition) is 0. The van der Waals surface area contributed by atoms with Crippen LogP contribution in [0.2, 0.25) is 0 Å². The van der Waals surface area contributed by atoms with E-state index in [-0.39, 0.29) is 24.3 Å². The monoisotopic (exact) mass is 398 g/mol. The fourth-order valence-electron chi connectivity index (χ4n) is 2.80. The maximum atomic E-state index is 13.8.